The van der Waals surface area contributed by atoms with Crippen LogP contribution in [0.25, 0.3) is 0 Å². The molecule has 0 amide bonds. The smallest absolute Gasteiger partial charge is 0.327 e. The van der Waals surface area contributed by atoms with Crippen molar-refractivity contribution in [2.45, 2.75) is 44.8 Å². The first-order valence-corrected chi connectivity index (χ1v) is 5.97. The Bertz CT molecular complexity index is 202. The summed E-state index contributed by atoms with van der Waals surface area (Å²) >= 11 is 0. The normalized spacial score (nSPS) is 19.1. The lowest BCUT2D eigenvalue weighted by molar-refractivity contribution is -0.146. The van der Waals surface area contributed by atoms with Crippen molar-refractivity contribution in [3.8, 4) is 0 Å². The lowest BCUT2D eigenvalue weighted by atomic mass is 10.1. The van der Waals surface area contributed by atoms with Gasteiger partial charge in [-0.15, -0.1) is 0 Å². The molecule has 1 aliphatic carbocycles. The third kappa shape index (κ3) is 5.70. The van der Waals surface area contributed by atoms with E-state index in [2.05, 4.69) is 0 Å². The fourth-order valence-corrected chi connectivity index (χ4v) is 1.93. The maximum atomic E-state index is 12.3. The molecule has 0 aromatic carbocycles. The number of halogens is 3. The van der Waals surface area contributed by atoms with Crippen molar-refractivity contribution in [3.05, 3.63) is 0 Å². The highest BCUT2D eigenvalue weighted by atomic mass is 19.4. The summed E-state index contributed by atoms with van der Waals surface area (Å²) in [4.78, 5) is 1.46. The average molecular weight is 238 g/mol. The molecule has 1 rings (SSSR count). The summed E-state index contributed by atoms with van der Waals surface area (Å²) in [7, 11) is 0. The summed E-state index contributed by atoms with van der Waals surface area (Å²) in [6, 6.07) is 0.0904. The van der Waals surface area contributed by atoms with Crippen LogP contribution in [0, 0.1) is 5.92 Å². The molecule has 0 aromatic heterocycles. The largest absolute Gasteiger partial charge is 0.401 e. The number of nitrogens with zero attached hydrogens (tertiary/aromatic N) is 1. The molecule has 0 aromatic rings. The zero-order chi connectivity index (χ0) is 12.2. The van der Waals surface area contributed by atoms with E-state index >= 15 is 0 Å². The molecule has 0 saturated heterocycles. The molecule has 1 saturated carbocycles. The zero-order valence-electron chi connectivity index (χ0n) is 9.76. The van der Waals surface area contributed by atoms with Gasteiger partial charge in [-0.05, 0) is 44.7 Å². The van der Waals surface area contributed by atoms with Crippen molar-refractivity contribution in [1.29, 1.82) is 0 Å². The van der Waals surface area contributed by atoms with Gasteiger partial charge in [0.15, 0.2) is 0 Å². The number of alkyl halides is 3. The zero-order valence-corrected chi connectivity index (χ0v) is 9.76. The summed E-state index contributed by atoms with van der Waals surface area (Å²) in [5.74, 6) is 0.564. The second-order valence-corrected chi connectivity index (χ2v) is 4.68. The first-order chi connectivity index (χ1) is 7.42. The first-order valence-electron chi connectivity index (χ1n) is 5.97. The highest BCUT2D eigenvalue weighted by molar-refractivity contribution is 4.84. The van der Waals surface area contributed by atoms with Gasteiger partial charge in [0, 0.05) is 6.04 Å². The first kappa shape index (κ1) is 13.8. The van der Waals surface area contributed by atoms with E-state index in [1.165, 1.54) is 4.90 Å². The van der Waals surface area contributed by atoms with Crippen molar-refractivity contribution in [1.82, 2.24) is 4.90 Å². The maximum absolute atomic E-state index is 12.3. The minimum Gasteiger partial charge on any atom is -0.327 e. The Morgan fingerprint density at radius 3 is 2.38 bits per heavy atom. The summed E-state index contributed by atoms with van der Waals surface area (Å²) in [5, 5.41) is 0. The number of hydrogen-bond donors (Lipinski definition) is 1. The highest BCUT2D eigenvalue weighted by Gasteiger charge is 2.32. The predicted octanol–water partition coefficient (Wildman–Crippen LogP) is 2.39. The fourth-order valence-electron chi connectivity index (χ4n) is 1.93. The van der Waals surface area contributed by atoms with E-state index < -0.39 is 12.7 Å². The molecule has 1 unspecified atom stereocenters. The SMILES string of the molecule is CCCN(CCC(N)C1CC1)CC(F)(F)F. The van der Waals surface area contributed by atoms with Gasteiger partial charge in [-0.2, -0.15) is 13.2 Å². The van der Waals surface area contributed by atoms with E-state index in [-0.39, 0.29) is 6.04 Å². The van der Waals surface area contributed by atoms with Gasteiger partial charge in [0.2, 0.25) is 0 Å². The Balaban J connectivity index is 2.26. The van der Waals surface area contributed by atoms with Gasteiger partial charge >= 0.3 is 6.18 Å². The third-order valence-electron chi connectivity index (χ3n) is 2.95. The Labute approximate surface area is 95.0 Å². The molecule has 96 valence electrons. The lowest BCUT2D eigenvalue weighted by Gasteiger charge is -2.24. The van der Waals surface area contributed by atoms with Gasteiger partial charge in [-0.25, -0.2) is 0 Å². The van der Waals surface area contributed by atoms with Crippen LogP contribution in [-0.4, -0.2) is 36.8 Å². The Morgan fingerprint density at radius 2 is 1.94 bits per heavy atom. The van der Waals surface area contributed by atoms with Gasteiger partial charge in [0.1, 0.15) is 0 Å². The molecule has 0 heterocycles. The Morgan fingerprint density at radius 1 is 1.31 bits per heavy atom. The molecule has 1 fully saturated rings. The molecule has 0 radical (unpaired) electrons. The van der Waals surface area contributed by atoms with E-state index in [9.17, 15) is 13.2 Å². The fraction of sp³-hybridized carbons (Fsp3) is 1.00. The lowest BCUT2D eigenvalue weighted by Crippen LogP contribution is -2.38. The number of nitrogens with two attached hydrogens (primary N) is 1. The van der Waals surface area contributed by atoms with Crippen molar-refractivity contribution in [3.63, 3.8) is 0 Å². The van der Waals surface area contributed by atoms with Crippen LogP contribution in [0.2, 0.25) is 0 Å². The number of hydrogen-bond acceptors (Lipinski definition) is 2. The molecular weight excluding hydrogens is 217 g/mol. The Kier molecular flexibility index (Phi) is 5.05. The van der Waals surface area contributed by atoms with Gasteiger partial charge in [-0.1, -0.05) is 6.92 Å². The second-order valence-electron chi connectivity index (χ2n) is 4.68. The van der Waals surface area contributed by atoms with Crippen LogP contribution < -0.4 is 5.73 Å². The standard InChI is InChI=1S/C11H21F3N2/c1-2-6-16(8-11(12,13)14)7-5-10(15)9-3-4-9/h9-10H,2-8,15H2,1H3. The Hall–Kier alpha value is -0.290. The quantitative estimate of drug-likeness (QED) is 0.738. The van der Waals surface area contributed by atoms with Gasteiger partial charge in [0.05, 0.1) is 6.54 Å². The van der Waals surface area contributed by atoms with Crippen molar-refractivity contribution < 1.29 is 13.2 Å². The monoisotopic (exact) mass is 238 g/mol. The van der Waals surface area contributed by atoms with Crippen LogP contribution >= 0.6 is 0 Å². The predicted molar refractivity (Wildman–Crippen MR) is 58.1 cm³/mol. The summed E-state index contributed by atoms with van der Waals surface area (Å²) < 4.78 is 36.8. The van der Waals surface area contributed by atoms with Crippen LogP contribution in [0.3, 0.4) is 0 Å². The summed E-state index contributed by atoms with van der Waals surface area (Å²) in [5.41, 5.74) is 5.88. The van der Waals surface area contributed by atoms with E-state index in [0.29, 0.717) is 25.4 Å². The molecule has 5 heteroatoms. The van der Waals surface area contributed by atoms with Crippen LogP contribution in [0.4, 0.5) is 13.2 Å². The second kappa shape index (κ2) is 5.87. The number of rotatable bonds is 7. The van der Waals surface area contributed by atoms with Crippen LogP contribution in [0.15, 0.2) is 0 Å². The van der Waals surface area contributed by atoms with Gasteiger partial charge in [0.25, 0.3) is 0 Å². The molecule has 16 heavy (non-hydrogen) atoms. The van der Waals surface area contributed by atoms with Crippen molar-refractivity contribution >= 4 is 0 Å². The maximum Gasteiger partial charge on any atom is 0.401 e. The molecule has 1 atom stereocenters. The average Bonchev–Trinajstić information content (AvgIpc) is 2.94. The van der Waals surface area contributed by atoms with Crippen molar-refractivity contribution in [2.75, 3.05) is 19.6 Å². The highest BCUT2D eigenvalue weighted by Crippen LogP contribution is 2.32. The molecule has 2 N–H and O–H groups in total. The van der Waals surface area contributed by atoms with Crippen LogP contribution in [-0.2, 0) is 0 Å². The molecule has 2 nitrogen and oxygen atoms in total. The van der Waals surface area contributed by atoms with Crippen LogP contribution in [0.5, 0.6) is 0 Å². The molecular formula is C11H21F3N2. The summed E-state index contributed by atoms with van der Waals surface area (Å²) in [6.07, 6.45) is -0.378. The van der Waals surface area contributed by atoms with Crippen LogP contribution in [0.1, 0.15) is 32.6 Å². The molecule has 1 aliphatic rings. The molecule has 0 bridgehead atoms. The van der Waals surface area contributed by atoms with E-state index in [4.69, 9.17) is 5.73 Å². The van der Waals surface area contributed by atoms with Gasteiger partial charge in [-0.3, -0.25) is 4.90 Å². The van der Waals surface area contributed by atoms with Gasteiger partial charge < -0.3 is 5.73 Å². The summed E-state index contributed by atoms with van der Waals surface area (Å²) in [6.45, 7) is 2.05. The minimum absolute atomic E-state index is 0.0904. The van der Waals surface area contributed by atoms with E-state index in [0.717, 1.165) is 19.3 Å². The minimum atomic E-state index is -4.10. The van der Waals surface area contributed by atoms with Crippen molar-refractivity contribution in [2.24, 2.45) is 11.7 Å². The van der Waals surface area contributed by atoms with E-state index in [1.807, 2.05) is 6.92 Å². The molecule has 0 spiro atoms. The third-order valence-corrected chi connectivity index (χ3v) is 2.95. The van der Waals surface area contributed by atoms with E-state index in [1.54, 1.807) is 0 Å². The molecule has 0 aliphatic heterocycles. The topological polar surface area (TPSA) is 29.3 Å².